The third-order valence-electron chi connectivity index (χ3n) is 2.66. The van der Waals surface area contributed by atoms with Gasteiger partial charge in [0.1, 0.15) is 6.54 Å². The summed E-state index contributed by atoms with van der Waals surface area (Å²) in [4.78, 5) is 25.5. The van der Waals surface area contributed by atoms with E-state index in [0.29, 0.717) is 6.54 Å². The fourth-order valence-corrected chi connectivity index (χ4v) is 2.74. The normalized spacial score (nSPS) is 12.2. The molecule has 0 fully saturated rings. The van der Waals surface area contributed by atoms with Crippen LogP contribution in [0.4, 0.5) is 4.79 Å². The van der Waals surface area contributed by atoms with Gasteiger partial charge >= 0.3 is 12.0 Å². The number of hydrogen-bond acceptors (Lipinski definition) is 3. The van der Waals surface area contributed by atoms with Crippen molar-refractivity contribution in [2.75, 3.05) is 13.1 Å². The molecule has 2 amide bonds. The first-order chi connectivity index (χ1) is 9.38. The lowest BCUT2D eigenvalue weighted by Crippen LogP contribution is -2.47. The average Bonchev–Trinajstić information content (AvgIpc) is 2.79. The predicted molar refractivity (Wildman–Crippen MR) is 80.1 cm³/mol. The summed E-state index contributed by atoms with van der Waals surface area (Å²) in [5.74, 6) is -0.764. The van der Waals surface area contributed by atoms with Crippen LogP contribution in [0.5, 0.6) is 0 Å². The zero-order valence-electron chi connectivity index (χ0n) is 12.1. The topological polar surface area (TPSA) is 69.6 Å². The summed E-state index contributed by atoms with van der Waals surface area (Å²) in [5, 5.41) is 13.7. The maximum absolute atomic E-state index is 12.1. The van der Waals surface area contributed by atoms with Crippen LogP contribution in [0.3, 0.4) is 0 Å². The van der Waals surface area contributed by atoms with Crippen LogP contribution in [0.1, 0.15) is 25.6 Å². The fraction of sp³-hybridized carbons (Fsp3) is 0.571. The molecule has 112 valence electrons. The number of nitrogens with one attached hydrogen (secondary N) is 1. The van der Waals surface area contributed by atoms with Gasteiger partial charge in [-0.1, -0.05) is 19.9 Å². The van der Waals surface area contributed by atoms with Gasteiger partial charge in [-0.05, 0) is 24.3 Å². The molecule has 20 heavy (non-hydrogen) atoms. The van der Waals surface area contributed by atoms with E-state index in [0.717, 1.165) is 6.42 Å². The van der Waals surface area contributed by atoms with Crippen molar-refractivity contribution in [1.29, 1.82) is 0 Å². The van der Waals surface area contributed by atoms with E-state index in [2.05, 4.69) is 5.32 Å². The average molecular weight is 298 g/mol. The summed E-state index contributed by atoms with van der Waals surface area (Å²) in [6.45, 7) is 6.00. The highest BCUT2D eigenvalue weighted by molar-refractivity contribution is 7.09. The summed E-state index contributed by atoms with van der Waals surface area (Å²) >= 11 is 1.65. The second kappa shape index (κ2) is 7.89. The quantitative estimate of drug-likeness (QED) is 0.812. The highest BCUT2D eigenvalue weighted by Gasteiger charge is 2.19. The van der Waals surface area contributed by atoms with Crippen LogP contribution in [-0.4, -0.2) is 41.1 Å². The van der Waals surface area contributed by atoms with Crippen molar-refractivity contribution >= 4 is 23.3 Å². The molecule has 0 aliphatic heterocycles. The summed E-state index contributed by atoms with van der Waals surface area (Å²) in [7, 11) is 0. The molecule has 1 atom stereocenters. The molecular formula is C14H22N2O3S. The van der Waals surface area contributed by atoms with Crippen LogP contribution < -0.4 is 5.32 Å². The number of hydrogen-bond donors (Lipinski definition) is 2. The summed E-state index contributed by atoms with van der Waals surface area (Å²) in [6.07, 6.45) is 0.756. The van der Waals surface area contributed by atoms with Crippen LogP contribution in [0.25, 0.3) is 0 Å². The molecule has 1 aromatic rings. The molecule has 1 unspecified atom stereocenters. The number of carbonyl (C=O) groups is 2. The molecule has 0 aliphatic carbocycles. The molecule has 2 N–H and O–H groups in total. The highest BCUT2D eigenvalue weighted by Crippen LogP contribution is 2.11. The molecule has 0 aromatic carbocycles. The van der Waals surface area contributed by atoms with Crippen LogP contribution in [0.15, 0.2) is 17.5 Å². The van der Waals surface area contributed by atoms with Gasteiger partial charge in [0.15, 0.2) is 0 Å². The number of rotatable bonds is 7. The molecule has 1 aromatic heterocycles. The van der Waals surface area contributed by atoms with Gasteiger partial charge in [0.2, 0.25) is 0 Å². The number of amides is 2. The van der Waals surface area contributed by atoms with Crippen LogP contribution >= 0.6 is 11.3 Å². The van der Waals surface area contributed by atoms with Gasteiger partial charge in [-0.15, -0.1) is 11.3 Å². The van der Waals surface area contributed by atoms with Crippen molar-refractivity contribution in [1.82, 2.24) is 10.2 Å². The lowest BCUT2D eigenvalue weighted by Gasteiger charge is -2.25. The van der Waals surface area contributed by atoms with Gasteiger partial charge < -0.3 is 15.3 Å². The Hall–Kier alpha value is -1.56. The van der Waals surface area contributed by atoms with Crippen molar-refractivity contribution < 1.29 is 14.7 Å². The van der Waals surface area contributed by atoms with Crippen molar-refractivity contribution in [2.45, 2.75) is 33.2 Å². The van der Waals surface area contributed by atoms with Crippen molar-refractivity contribution in [3.05, 3.63) is 22.4 Å². The van der Waals surface area contributed by atoms with Gasteiger partial charge in [-0.25, -0.2) is 4.79 Å². The number of carbonyl (C=O) groups excluding carboxylic acids is 1. The third-order valence-corrected chi connectivity index (χ3v) is 3.55. The molecule has 0 aliphatic rings. The highest BCUT2D eigenvalue weighted by atomic mass is 32.1. The SMILES string of the molecule is CC(C)CN(CC(=O)O)C(=O)NC(C)Cc1cccs1. The van der Waals surface area contributed by atoms with Crippen molar-refractivity contribution in [3.8, 4) is 0 Å². The Morgan fingerprint density at radius 1 is 1.40 bits per heavy atom. The third kappa shape index (κ3) is 6.06. The van der Waals surface area contributed by atoms with Crippen LogP contribution in [0, 0.1) is 5.92 Å². The Bertz CT molecular complexity index is 432. The zero-order valence-corrected chi connectivity index (χ0v) is 12.9. The molecule has 0 spiro atoms. The van der Waals surface area contributed by atoms with Gasteiger partial charge in [0, 0.05) is 23.9 Å². The first kappa shape index (κ1) is 16.5. The lowest BCUT2D eigenvalue weighted by atomic mass is 10.2. The number of thiophene rings is 1. The predicted octanol–water partition coefficient (Wildman–Crippen LogP) is 2.43. The number of nitrogens with zero attached hydrogens (tertiary/aromatic N) is 1. The number of carboxylic acids is 1. The standard InChI is InChI=1S/C14H22N2O3S/c1-10(2)8-16(9-13(17)18)14(19)15-11(3)7-12-5-4-6-20-12/h4-6,10-11H,7-9H2,1-3H3,(H,15,19)(H,17,18). The molecule has 1 rings (SSSR count). The second-order valence-corrected chi connectivity index (χ2v) is 6.33. The minimum absolute atomic E-state index is 0.0235. The molecule has 0 saturated heterocycles. The first-order valence-electron chi connectivity index (χ1n) is 6.68. The molecule has 5 nitrogen and oxygen atoms in total. The molecule has 0 radical (unpaired) electrons. The van der Waals surface area contributed by atoms with E-state index in [9.17, 15) is 9.59 Å². The van der Waals surface area contributed by atoms with Crippen LogP contribution in [-0.2, 0) is 11.2 Å². The van der Waals surface area contributed by atoms with Gasteiger partial charge in [0.05, 0.1) is 0 Å². The van der Waals surface area contributed by atoms with Crippen molar-refractivity contribution in [2.24, 2.45) is 5.92 Å². The number of carboxylic acid groups (broad SMARTS) is 1. The van der Waals surface area contributed by atoms with Gasteiger partial charge in [-0.2, -0.15) is 0 Å². The monoisotopic (exact) mass is 298 g/mol. The Morgan fingerprint density at radius 2 is 2.10 bits per heavy atom. The molecule has 1 heterocycles. The maximum Gasteiger partial charge on any atom is 0.323 e. The summed E-state index contributed by atoms with van der Waals surface area (Å²) in [5.41, 5.74) is 0. The Labute approximate surface area is 123 Å². The first-order valence-corrected chi connectivity index (χ1v) is 7.56. The van der Waals surface area contributed by atoms with E-state index in [1.54, 1.807) is 11.3 Å². The van der Waals surface area contributed by atoms with Crippen molar-refractivity contribution in [3.63, 3.8) is 0 Å². The number of aliphatic carboxylic acids is 1. The molecule has 0 saturated carbocycles. The summed E-state index contributed by atoms with van der Waals surface area (Å²) < 4.78 is 0. The van der Waals surface area contributed by atoms with Gasteiger partial charge in [0.25, 0.3) is 0 Å². The Kier molecular flexibility index (Phi) is 6.51. The smallest absolute Gasteiger partial charge is 0.323 e. The van der Waals surface area contributed by atoms with E-state index in [1.165, 1.54) is 9.78 Å². The zero-order chi connectivity index (χ0) is 15.1. The second-order valence-electron chi connectivity index (χ2n) is 5.30. The number of urea groups is 1. The van der Waals surface area contributed by atoms with E-state index < -0.39 is 5.97 Å². The summed E-state index contributed by atoms with van der Waals surface area (Å²) in [6, 6.07) is 3.66. The van der Waals surface area contributed by atoms with E-state index in [-0.39, 0.29) is 24.5 Å². The molecular weight excluding hydrogens is 276 g/mol. The molecule has 0 bridgehead atoms. The maximum atomic E-state index is 12.1. The van der Waals surface area contributed by atoms with E-state index in [1.807, 2.05) is 38.3 Å². The van der Waals surface area contributed by atoms with E-state index >= 15 is 0 Å². The Morgan fingerprint density at radius 3 is 2.60 bits per heavy atom. The Balaban J connectivity index is 2.53. The minimum Gasteiger partial charge on any atom is -0.480 e. The van der Waals surface area contributed by atoms with Gasteiger partial charge in [-0.3, -0.25) is 4.79 Å². The lowest BCUT2D eigenvalue weighted by molar-refractivity contribution is -0.137. The molecule has 6 heteroatoms. The fourth-order valence-electron chi connectivity index (χ4n) is 1.91. The van der Waals surface area contributed by atoms with E-state index in [4.69, 9.17) is 5.11 Å². The minimum atomic E-state index is -0.994. The largest absolute Gasteiger partial charge is 0.480 e. The van der Waals surface area contributed by atoms with Crippen LogP contribution in [0.2, 0.25) is 0 Å².